The monoisotopic (exact) mass is 389 g/mol. The summed E-state index contributed by atoms with van der Waals surface area (Å²) in [5.41, 5.74) is 2.06. The fourth-order valence-electron chi connectivity index (χ4n) is 1.98. The van der Waals surface area contributed by atoms with Gasteiger partial charge in [0.15, 0.2) is 0 Å². The summed E-state index contributed by atoms with van der Waals surface area (Å²) in [6, 6.07) is 5.22. The van der Waals surface area contributed by atoms with Crippen LogP contribution in [0.15, 0.2) is 22.7 Å². The first kappa shape index (κ1) is 14.0. The molecule has 0 aliphatic heterocycles. The molecule has 1 aromatic carbocycles. The number of nitrogens with zero attached hydrogens (tertiary/aromatic N) is 2. The number of methoxy groups -OCH3 is 1. The van der Waals surface area contributed by atoms with Crippen LogP contribution in [0, 0.1) is 0 Å². The van der Waals surface area contributed by atoms with Crippen LogP contribution in [-0.4, -0.2) is 23.0 Å². The summed E-state index contributed by atoms with van der Waals surface area (Å²) in [7, 11) is -2.54. The molecule has 0 spiro atoms. The molecule has 0 bridgehead atoms. The second-order valence-corrected chi connectivity index (χ2v) is 5.40. The molecule has 7 heteroatoms. The lowest BCUT2D eigenvalue weighted by atomic mass is 10.1. The minimum Gasteiger partial charge on any atom is -0.496 e. The standard InChI is InChI=1S/C14H16BrClN2O.CO2/c1-4-11-13(16)14(18(5-2)17-11)10-7-6-9(15)8-12(10)19-3;2-1-3/h6-8H,4-5H2,1-3H3;/i3D3;. The highest BCUT2D eigenvalue weighted by Gasteiger charge is 2.19. The van der Waals surface area contributed by atoms with Gasteiger partial charge in [0.25, 0.3) is 0 Å². The van der Waals surface area contributed by atoms with E-state index in [0.717, 1.165) is 10.2 Å². The van der Waals surface area contributed by atoms with Crippen molar-refractivity contribution >= 4 is 33.7 Å². The van der Waals surface area contributed by atoms with Crippen molar-refractivity contribution in [3.63, 3.8) is 0 Å². The van der Waals surface area contributed by atoms with Crippen LogP contribution in [0.2, 0.25) is 5.02 Å². The Morgan fingerprint density at radius 1 is 1.45 bits per heavy atom. The molecule has 118 valence electrons. The van der Waals surface area contributed by atoms with Crippen LogP contribution >= 0.6 is 27.5 Å². The van der Waals surface area contributed by atoms with E-state index in [1.54, 1.807) is 16.8 Å². The molecule has 0 saturated heterocycles. The van der Waals surface area contributed by atoms with E-state index in [-0.39, 0.29) is 11.9 Å². The highest BCUT2D eigenvalue weighted by Crippen LogP contribution is 2.38. The molecule has 2 aromatic rings. The second-order valence-electron chi connectivity index (χ2n) is 4.10. The molecule has 2 rings (SSSR count). The number of aromatic nitrogens is 2. The highest BCUT2D eigenvalue weighted by atomic mass is 79.9. The second kappa shape index (κ2) is 8.73. The zero-order valence-corrected chi connectivity index (χ0v) is 14.4. The van der Waals surface area contributed by atoms with Gasteiger partial charge in [-0.05, 0) is 31.5 Å². The number of carbonyl (C=O) groups excluding carboxylic acids is 2. The lowest BCUT2D eigenvalue weighted by Crippen LogP contribution is -2.00. The number of halogens is 2. The summed E-state index contributed by atoms with van der Waals surface area (Å²) in [4.78, 5) is 16.2. The normalized spacial score (nSPS) is 12.3. The van der Waals surface area contributed by atoms with Gasteiger partial charge in [-0.3, -0.25) is 4.68 Å². The summed E-state index contributed by atoms with van der Waals surface area (Å²) < 4.78 is 29.6. The van der Waals surface area contributed by atoms with E-state index in [1.807, 2.05) is 19.9 Å². The SMILES string of the molecule is O=C=O.[2H]C([2H])([2H])Oc1cc(Br)ccc1-c1c(Cl)c(CC)nn1CC. The van der Waals surface area contributed by atoms with Crippen molar-refractivity contribution in [3.8, 4) is 17.0 Å². The quantitative estimate of drug-likeness (QED) is 0.792. The Hall–Kier alpha value is -1.62. The van der Waals surface area contributed by atoms with Crippen molar-refractivity contribution in [2.75, 3.05) is 7.04 Å². The Labute approximate surface area is 146 Å². The zero-order chi connectivity index (χ0) is 19.2. The van der Waals surface area contributed by atoms with Crippen molar-refractivity contribution in [2.24, 2.45) is 0 Å². The molecule has 0 radical (unpaired) electrons. The molecule has 0 N–H and O–H groups in total. The van der Waals surface area contributed by atoms with Crippen LogP contribution < -0.4 is 4.74 Å². The molecule has 1 heterocycles. The molecule has 0 unspecified atom stereocenters. The van der Waals surface area contributed by atoms with Crippen molar-refractivity contribution in [1.82, 2.24) is 9.78 Å². The number of aryl methyl sites for hydroxylation is 2. The Morgan fingerprint density at radius 2 is 2.14 bits per heavy atom. The molecule has 22 heavy (non-hydrogen) atoms. The maximum absolute atomic E-state index is 8.12. The van der Waals surface area contributed by atoms with Crippen LogP contribution in [0.5, 0.6) is 5.75 Å². The zero-order valence-electron chi connectivity index (χ0n) is 15.0. The topological polar surface area (TPSA) is 61.2 Å². The Morgan fingerprint density at radius 3 is 2.68 bits per heavy atom. The predicted molar refractivity (Wildman–Crippen MR) is 87.0 cm³/mol. The lowest BCUT2D eigenvalue weighted by molar-refractivity contribution is -0.191. The highest BCUT2D eigenvalue weighted by molar-refractivity contribution is 9.10. The third-order valence-electron chi connectivity index (χ3n) is 2.90. The summed E-state index contributed by atoms with van der Waals surface area (Å²) in [6.07, 6.45) is 0.949. The van der Waals surface area contributed by atoms with Gasteiger partial charge >= 0.3 is 6.15 Å². The molecule has 1 aromatic heterocycles. The average Bonchev–Trinajstić information content (AvgIpc) is 2.83. The largest absolute Gasteiger partial charge is 0.496 e. The molecule has 5 nitrogen and oxygen atoms in total. The molecule has 0 aliphatic carbocycles. The maximum Gasteiger partial charge on any atom is 0.373 e. The molecule has 0 aliphatic rings. The minimum absolute atomic E-state index is 0.244. The first-order valence-electron chi connectivity index (χ1n) is 7.91. The molecular formula is C15H16BrClN2O3. The van der Waals surface area contributed by atoms with Crippen LogP contribution in [0.3, 0.4) is 0 Å². The van der Waals surface area contributed by atoms with Gasteiger partial charge in [0.2, 0.25) is 0 Å². The van der Waals surface area contributed by atoms with Gasteiger partial charge in [-0.25, -0.2) is 0 Å². The van der Waals surface area contributed by atoms with Crippen molar-refractivity contribution in [3.05, 3.63) is 33.4 Å². The van der Waals surface area contributed by atoms with Gasteiger partial charge in [-0.15, -0.1) is 0 Å². The number of benzene rings is 1. The van der Waals surface area contributed by atoms with Gasteiger partial charge in [-0.2, -0.15) is 14.7 Å². The molecule has 0 fully saturated rings. The van der Waals surface area contributed by atoms with Gasteiger partial charge in [0.1, 0.15) is 5.75 Å². The smallest absolute Gasteiger partial charge is 0.373 e. The van der Waals surface area contributed by atoms with Gasteiger partial charge in [0.05, 0.1) is 27.6 Å². The van der Waals surface area contributed by atoms with E-state index < -0.39 is 7.04 Å². The first-order valence-corrected chi connectivity index (χ1v) is 7.58. The number of hydrogen-bond acceptors (Lipinski definition) is 4. The average molecular weight is 391 g/mol. The van der Waals surface area contributed by atoms with Crippen LogP contribution in [0.25, 0.3) is 11.3 Å². The van der Waals surface area contributed by atoms with Gasteiger partial charge in [-0.1, -0.05) is 34.5 Å². The van der Waals surface area contributed by atoms with E-state index in [0.29, 0.717) is 29.2 Å². The molecular weight excluding hydrogens is 372 g/mol. The summed E-state index contributed by atoms with van der Waals surface area (Å²) in [6.45, 7) is 4.55. The molecule has 0 amide bonds. The van der Waals surface area contributed by atoms with Crippen molar-refractivity contribution in [1.29, 1.82) is 0 Å². The van der Waals surface area contributed by atoms with E-state index in [4.69, 9.17) is 30.0 Å². The Kier molecular flexibility index (Phi) is 5.56. The third-order valence-corrected chi connectivity index (χ3v) is 3.79. The fraction of sp³-hybridized carbons (Fsp3) is 0.333. The van der Waals surface area contributed by atoms with E-state index in [9.17, 15) is 0 Å². The number of ether oxygens (including phenoxy) is 1. The summed E-state index contributed by atoms with van der Waals surface area (Å²) >= 11 is 9.76. The predicted octanol–water partition coefficient (Wildman–Crippen LogP) is 3.97. The fourth-order valence-corrected chi connectivity index (χ4v) is 2.69. The molecule has 0 saturated carbocycles. The Bertz CT molecular complexity index is 772. The van der Waals surface area contributed by atoms with Crippen LogP contribution in [0.1, 0.15) is 23.7 Å². The summed E-state index contributed by atoms with van der Waals surface area (Å²) in [5, 5.41) is 4.99. The first-order chi connectivity index (χ1) is 11.7. The maximum atomic E-state index is 8.12. The Balaban J connectivity index is 0.000000970. The minimum atomic E-state index is -2.54. The van der Waals surface area contributed by atoms with E-state index in [1.165, 1.54) is 0 Å². The van der Waals surface area contributed by atoms with E-state index in [2.05, 4.69) is 21.0 Å². The molecule has 0 atom stereocenters. The number of rotatable bonds is 4. The lowest BCUT2D eigenvalue weighted by Gasteiger charge is -2.11. The third kappa shape index (κ3) is 3.97. The number of hydrogen-bond donors (Lipinski definition) is 0. The van der Waals surface area contributed by atoms with Crippen LogP contribution in [0.4, 0.5) is 0 Å². The van der Waals surface area contributed by atoms with Crippen molar-refractivity contribution in [2.45, 2.75) is 26.8 Å². The van der Waals surface area contributed by atoms with Gasteiger partial charge in [0, 0.05) is 16.6 Å². The summed E-state index contributed by atoms with van der Waals surface area (Å²) in [5.74, 6) is 0.244. The van der Waals surface area contributed by atoms with Crippen LogP contribution in [-0.2, 0) is 22.6 Å². The van der Waals surface area contributed by atoms with Crippen molar-refractivity contribution < 1.29 is 18.4 Å². The van der Waals surface area contributed by atoms with Gasteiger partial charge < -0.3 is 4.74 Å². The van der Waals surface area contributed by atoms with E-state index >= 15 is 0 Å².